The highest BCUT2D eigenvalue weighted by atomic mass is 32.2. The number of carbonyl (C=O) groups is 1. The number of amides is 1. The van der Waals surface area contributed by atoms with Gasteiger partial charge in [-0.3, -0.25) is 4.79 Å². The van der Waals surface area contributed by atoms with Crippen molar-refractivity contribution in [2.24, 2.45) is 0 Å². The zero-order valence-electron chi connectivity index (χ0n) is 18.5. The molecule has 2 N–H and O–H groups in total. The summed E-state index contributed by atoms with van der Waals surface area (Å²) in [5.41, 5.74) is 1.23. The van der Waals surface area contributed by atoms with Crippen LogP contribution in [0.25, 0.3) is 0 Å². The number of nitrogens with one attached hydrogen (secondary N) is 2. The Kier molecular flexibility index (Phi) is 7.37. The van der Waals surface area contributed by atoms with Crippen molar-refractivity contribution in [3.05, 3.63) is 53.3 Å². The molecule has 2 unspecified atom stereocenters. The third-order valence-corrected chi connectivity index (χ3v) is 6.65. The summed E-state index contributed by atoms with van der Waals surface area (Å²) in [6.07, 6.45) is 0.0245. The number of hydrogen-bond donors (Lipinski definition) is 2. The maximum Gasteiger partial charge on any atom is 0.251 e. The van der Waals surface area contributed by atoms with E-state index >= 15 is 0 Å². The van der Waals surface area contributed by atoms with Crippen LogP contribution in [0, 0.1) is 5.82 Å². The molecule has 0 radical (unpaired) electrons. The van der Waals surface area contributed by atoms with Crippen molar-refractivity contribution in [3.8, 4) is 5.75 Å². The standard InChI is InChI=1S/C22H28FN3O5S/c1-14-12-26(13-15(2)31-14)19-7-5-16(9-18(19)23)11-25-22(27)17-6-8-20(30-4)21(10-17)32(28,29)24-3/h5-10,14-15,24H,11-13H2,1-4H3,(H,25,27). The molecule has 2 aromatic carbocycles. The normalized spacial score (nSPS) is 19.0. The summed E-state index contributed by atoms with van der Waals surface area (Å²) in [6.45, 7) is 5.21. The van der Waals surface area contributed by atoms with E-state index in [4.69, 9.17) is 9.47 Å². The predicted molar refractivity (Wildman–Crippen MR) is 119 cm³/mol. The van der Waals surface area contributed by atoms with Crippen molar-refractivity contribution in [1.29, 1.82) is 0 Å². The van der Waals surface area contributed by atoms with Gasteiger partial charge in [0.25, 0.3) is 5.91 Å². The maximum absolute atomic E-state index is 14.8. The van der Waals surface area contributed by atoms with Crippen molar-refractivity contribution in [1.82, 2.24) is 10.0 Å². The molecule has 1 heterocycles. The van der Waals surface area contributed by atoms with E-state index in [1.54, 1.807) is 12.1 Å². The van der Waals surface area contributed by atoms with Gasteiger partial charge in [0.2, 0.25) is 10.0 Å². The zero-order valence-corrected chi connectivity index (χ0v) is 19.3. The van der Waals surface area contributed by atoms with Gasteiger partial charge < -0.3 is 19.7 Å². The summed E-state index contributed by atoms with van der Waals surface area (Å²) < 4.78 is 52.1. The first-order chi connectivity index (χ1) is 15.1. The lowest BCUT2D eigenvalue weighted by Gasteiger charge is -2.37. The van der Waals surface area contributed by atoms with E-state index in [0.717, 1.165) is 0 Å². The SMILES string of the molecule is CNS(=O)(=O)c1cc(C(=O)NCc2ccc(N3CC(C)OC(C)C3)c(F)c2)ccc1OC. The van der Waals surface area contributed by atoms with Gasteiger partial charge in [-0.1, -0.05) is 6.07 Å². The molecule has 0 saturated carbocycles. The van der Waals surface area contributed by atoms with Crippen molar-refractivity contribution in [2.75, 3.05) is 32.1 Å². The first-order valence-electron chi connectivity index (χ1n) is 10.2. The average molecular weight is 466 g/mol. The number of methoxy groups -OCH3 is 1. The number of morpholine rings is 1. The van der Waals surface area contributed by atoms with E-state index in [1.807, 2.05) is 18.7 Å². The van der Waals surface area contributed by atoms with Crippen molar-refractivity contribution >= 4 is 21.6 Å². The van der Waals surface area contributed by atoms with Gasteiger partial charge in [0.15, 0.2) is 0 Å². The molecule has 2 atom stereocenters. The number of benzene rings is 2. The quantitative estimate of drug-likeness (QED) is 0.651. The van der Waals surface area contributed by atoms with Crippen molar-refractivity contribution in [3.63, 3.8) is 0 Å². The number of halogens is 1. The van der Waals surface area contributed by atoms with Gasteiger partial charge in [0, 0.05) is 25.2 Å². The molecule has 8 nitrogen and oxygen atoms in total. The second-order valence-electron chi connectivity index (χ2n) is 7.70. The Morgan fingerprint density at radius 1 is 1.19 bits per heavy atom. The summed E-state index contributed by atoms with van der Waals surface area (Å²) in [4.78, 5) is 14.4. The first kappa shape index (κ1) is 24.0. The summed E-state index contributed by atoms with van der Waals surface area (Å²) >= 11 is 0. The van der Waals surface area contributed by atoms with Crippen LogP contribution in [-0.2, 0) is 21.3 Å². The van der Waals surface area contributed by atoms with E-state index in [9.17, 15) is 17.6 Å². The van der Waals surface area contributed by atoms with Gasteiger partial charge >= 0.3 is 0 Å². The molecule has 1 amide bonds. The van der Waals surface area contributed by atoms with Gasteiger partial charge in [0.05, 0.1) is 25.0 Å². The maximum atomic E-state index is 14.8. The predicted octanol–water partition coefficient (Wildman–Crippen LogP) is 2.29. The third-order valence-electron chi connectivity index (χ3n) is 5.21. The van der Waals surface area contributed by atoms with Crippen molar-refractivity contribution in [2.45, 2.75) is 37.5 Å². The van der Waals surface area contributed by atoms with Crippen LogP contribution in [0.15, 0.2) is 41.3 Å². The highest BCUT2D eigenvalue weighted by molar-refractivity contribution is 7.89. The molecule has 1 saturated heterocycles. The van der Waals surface area contributed by atoms with Gasteiger partial charge in [0.1, 0.15) is 16.5 Å². The molecule has 3 rings (SSSR count). The highest BCUT2D eigenvalue weighted by Gasteiger charge is 2.24. The Morgan fingerprint density at radius 2 is 1.88 bits per heavy atom. The largest absolute Gasteiger partial charge is 0.495 e. The minimum Gasteiger partial charge on any atom is -0.495 e. The number of nitrogens with zero attached hydrogens (tertiary/aromatic N) is 1. The van der Waals surface area contributed by atoms with Crippen LogP contribution in [0.2, 0.25) is 0 Å². The average Bonchev–Trinajstić information content (AvgIpc) is 2.76. The first-order valence-corrected chi connectivity index (χ1v) is 11.7. The highest BCUT2D eigenvalue weighted by Crippen LogP contribution is 2.26. The molecule has 2 aromatic rings. The van der Waals surface area contributed by atoms with Gasteiger partial charge in [-0.25, -0.2) is 17.5 Å². The summed E-state index contributed by atoms with van der Waals surface area (Å²) in [5, 5.41) is 2.69. The zero-order chi connectivity index (χ0) is 23.5. The summed E-state index contributed by atoms with van der Waals surface area (Å²) in [6, 6.07) is 8.97. The topological polar surface area (TPSA) is 97.0 Å². The number of anilines is 1. The Hall–Kier alpha value is -2.69. The molecular weight excluding hydrogens is 437 g/mol. The summed E-state index contributed by atoms with van der Waals surface area (Å²) in [5.74, 6) is -0.731. The van der Waals surface area contributed by atoms with E-state index in [1.165, 1.54) is 38.4 Å². The van der Waals surface area contributed by atoms with E-state index < -0.39 is 15.9 Å². The molecule has 1 aliphatic heterocycles. The Bertz CT molecular complexity index is 1080. The Labute approximate surface area is 187 Å². The smallest absolute Gasteiger partial charge is 0.251 e. The second kappa shape index (κ2) is 9.85. The monoisotopic (exact) mass is 465 g/mol. The van der Waals surface area contributed by atoms with Gasteiger partial charge in [-0.2, -0.15) is 0 Å². The van der Waals surface area contributed by atoms with E-state index in [2.05, 4.69) is 10.0 Å². The van der Waals surface area contributed by atoms with Crippen LogP contribution >= 0.6 is 0 Å². The van der Waals surface area contributed by atoms with Gasteiger partial charge in [-0.15, -0.1) is 0 Å². The minimum absolute atomic E-state index is 0.0122. The number of hydrogen-bond acceptors (Lipinski definition) is 6. The fourth-order valence-corrected chi connectivity index (χ4v) is 4.63. The fraction of sp³-hybridized carbons (Fsp3) is 0.409. The van der Waals surface area contributed by atoms with Crippen LogP contribution in [0.5, 0.6) is 5.75 Å². The van der Waals surface area contributed by atoms with Crippen LogP contribution in [-0.4, -0.2) is 53.8 Å². The Morgan fingerprint density at radius 3 is 2.47 bits per heavy atom. The third kappa shape index (κ3) is 5.37. The second-order valence-corrected chi connectivity index (χ2v) is 9.56. The molecule has 0 spiro atoms. The molecule has 10 heteroatoms. The lowest BCUT2D eigenvalue weighted by molar-refractivity contribution is -0.00539. The molecule has 0 bridgehead atoms. The fourth-order valence-electron chi connectivity index (χ4n) is 3.71. The van der Waals surface area contributed by atoms with Crippen LogP contribution in [0.4, 0.5) is 10.1 Å². The molecule has 32 heavy (non-hydrogen) atoms. The molecule has 1 fully saturated rings. The molecule has 0 aromatic heterocycles. The molecule has 174 valence electrons. The van der Waals surface area contributed by atoms with Crippen LogP contribution in [0.1, 0.15) is 29.8 Å². The minimum atomic E-state index is -3.81. The summed E-state index contributed by atoms with van der Waals surface area (Å²) in [7, 11) is -1.19. The number of carbonyl (C=O) groups excluding carboxylic acids is 1. The molecule has 1 aliphatic rings. The van der Waals surface area contributed by atoms with Crippen LogP contribution < -0.4 is 19.7 Å². The molecular formula is C22H28FN3O5S. The van der Waals surface area contributed by atoms with Crippen LogP contribution in [0.3, 0.4) is 0 Å². The number of sulfonamides is 1. The molecule has 0 aliphatic carbocycles. The lowest BCUT2D eigenvalue weighted by Crippen LogP contribution is -2.45. The Balaban J connectivity index is 1.71. The van der Waals surface area contributed by atoms with Crippen molar-refractivity contribution < 1.29 is 27.1 Å². The number of ether oxygens (including phenoxy) is 2. The number of rotatable bonds is 7. The van der Waals surface area contributed by atoms with E-state index in [-0.39, 0.29) is 40.8 Å². The van der Waals surface area contributed by atoms with E-state index in [0.29, 0.717) is 24.3 Å². The lowest BCUT2D eigenvalue weighted by atomic mass is 10.1. The van der Waals surface area contributed by atoms with Gasteiger partial charge in [-0.05, 0) is 56.8 Å².